The van der Waals surface area contributed by atoms with Crippen molar-refractivity contribution in [1.29, 1.82) is 0 Å². The van der Waals surface area contributed by atoms with E-state index in [-0.39, 0.29) is 45.5 Å². The van der Waals surface area contributed by atoms with E-state index in [2.05, 4.69) is 99.8 Å². The maximum atomic E-state index is 14.0. The molecular weight excluding hydrogens is 1840 g/mol. The van der Waals surface area contributed by atoms with Crippen LogP contribution >= 0.6 is 11.3 Å². The quantitative estimate of drug-likeness (QED) is 0.0257. The largest absolute Gasteiger partial charge is 0.507 e. The van der Waals surface area contributed by atoms with Crippen molar-refractivity contribution in [2.45, 2.75) is 67.2 Å². The van der Waals surface area contributed by atoms with Gasteiger partial charge in [-0.3, -0.25) is 14.3 Å². The number of imidazole rings is 2. The van der Waals surface area contributed by atoms with Crippen LogP contribution in [0.5, 0.6) is 34.5 Å². The van der Waals surface area contributed by atoms with Gasteiger partial charge in [0.2, 0.25) is 17.5 Å². The number of para-hydroxylation sites is 1. The monoisotopic (exact) mass is 1970 g/mol. The van der Waals surface area contributed by atoms with Crippen molar-refractivity contribution in [1.82, 2.24) is 35.2 Å². The number of oxazole rings is 1. The number of nitrogens with zero attached hydrogens (tertiary/aromatic N) is 10. The number of aromatic hydroxyl groups is 4. The van der Waals surface area contributed by atoms with E-state index in [0.29, 0.717) is 68.2 Å². The van der Waals surface area contributed by atoms with Gasteiger partial charge < -0.3 is 84.3 Å². The van der Waals surface area contributed by atoms with Crippen LogP contribution in [-0.4, -0.2) is 176 Å². The highest BCUT2D eigenvalue weighted by molar-refractivity contribution is 7.92. The van der Waals surface area contributed by atoms with Gasteiger partial charge >= 0.3 is 0 Å². The summed E-state index contributed by atoms with van der Waals surface area (Å²) >= 11 is 1.50. The second-order valence-electron chi connectivity index (χ2n) is 36.7. The number of anilines is 8. The second-order valence-corrected chi connectivity index (χ2v) is 39.4. The first-order valence-electron chi connectivity index (χ1n) is 46.7. The number of nitrogens with one attached hydrogen (secondary N) is 5. The fraction of sp³-hybridized carbons (Fsp3) is 0.207. The normalized spacial score (nSPS) is 11.0. The van der Waals surface area contributed by atoms with Crippen LogP contribution in [-0.2, 0) is 14.8 Å². The third-order valence-electron chi connectivity index (χ3n) is 24.7. The highest BCUT2D eigenvalue weighted by Crippen LogP contribution is 2.49. The fourth-order valence-electron chi connectivity index (χ4n) is 16.5. The van der Waals surface area contributed by atoms with Crippen LogP contribution in [0.25, 0.3) is 134 Å². The average Bonchev–Trinajstić information content (AvgIpc) is 1.57. The first-order chi connectivity index (χ1) is 68.6. The van der Waals surface area contributed by atoms with E-state index in [4.69, 9.17) is 33.8 Å². The smallest absolute Gasteiger partial charge is 0.262 e. The number of aromatic amines is 2. The van der Waals surface area contributed by atoms with Crippen LogP contribution in [0.2, 0.25) is 0 Å². The number of sulfonamides is 1. The number of carbonyl (C=O) groups excluding carboxylic acids is 2. The number of benzene rings is 13. The lowest BCUT2D eigenvalue weighted by molar-refractivity contribution is -0.114. The molecular formula is C116H123N15O11S2. The zero-order valence-electron chi connectivity index (χ0n) is 85.7. The molecule has 26 nitrogen and oxygen atoms in total. The molecule has 0 atom stereocenters. The minimum Gasteiger partial charge on any atom is -0.507 e. The van der Waals surface area contributed by atoms with Gasteiger partial charge in [-0.05, 0) is 258 Å². The summed E-state index contributed by atoms with van der Waals surface area (Å²) in [5, 5.41) is 47.6. The third kappa shape index (κ3) is 23.2. The van der Waals surface area contributed by atoms with E-state index in [0.717, 1.165) is 156 Å². The molecule has 17 aromatic rings. The van der Waals surface area contributed by atoms with Gasteiger partial charge in [-0.15, -0.1) is 11.3 Å². The summed E-state index contributed by atoms with van der Waals surface area (Å²) in [5.41, 5.74) is 29.3. The lowest BCUT2D eigenvalue weighted by Crippen LogP contribution is -2.20. The van der Waals surface area contributed by atoms with Crippen molar-refractivity contribution in [3.63, 3.8) is 0 Å². The number of methoxy groups -OCH3 is 2. The van der Waals surface area contributed by atoms with Gasteiger partial charge in [-0.25, -0.2) is 28.4 Å². The van der Waals surface area contributed by atoms with Crippen LogP contribution in [0, 0.1) is 55.4 Å². The number of aromatic nitrogens is 6. The van der Waals surface area contributed by atoms with E-state index in [9.17, 15) is 38.4 Å². The predicted octanol–water partition coefficient (Wildman–Crippen LogP) is 24.5. The molecule has 0 saturated heterocycles. The Balaban J connectivity index is 0.000000153. The Morgan fingerprint density at radius 1 is 0.382 bits per heavy atom. The highest BCUT2D eigenvalue weighted by Gasteiger charge is 2.30. The molecule has 0 saturated carbocycles. The number of carbonyl (C=O) groups is 2. The zero-order chi connectivity index (χ0) is 104. The molecule has 0 aliphatic carbocycles. The molecule has 4 aromatic heterocycles. The number of ether oxygens (including phenoxy) is 2. The van der Waals surface area contributed by atoms with Gasteiger partial charge in [0.1, 0.15) is 39.6 Å². The Hall–Kier alpha value is -16.6. The lowest BCUT2D eigenvalue weighted by Gasteiger charge is -2.18. The molecule has 0 radical (unpaired) electrons. The maximum Gasteiger partial charge on any atom is 0.262 e. The van der Waals surface area contributed by atoms with E-state index < -0.39 is 10.0 Å². The number of phenols is 4. The molecule has 4 heterocycles. The minimum atomic E-state index is -3.99. The first-order valence-corrected chi connectivity index (χ1v) is 49.0. The number of hydrogen-bond acceptors (Lipinski definition) is 22. The van der Waals surface area contributed by atoms with Crippen LogP contribution in [0.1, 0.15) is 61.8 Å². The van der Waals surface area contributed by atoms with E-state index in [1.54, 1.807) is 49.5 Å². The number of amides is 2. The summed E-state index contributed by atoms with van der Waals surface area (Å²) in [4.78, 5) is 64.9. The van der Waals surface area contributed by atoms with Gasteiger partial charge in [0.05, 0.1) is 63.7 Å². The maximum absolute atomic E-state index is 14.0. The van der Waals surface area contributed by atoms with E-state index in [1.807, 2.05) is 307 Å². The van der Waals surface area contributed by atoms with E-state index >= 15 is 0 Å². The van der Waals surface area contributed by atoms with Crippen molar-refractivity contribution >= 4 is 78.7 Å². The molecule has 2 amide bonds. The summed E-state index contributed by atoms with van der Waals surface area (Å²) in [7, 11) is 24.0. The Labute approximate surface area is 846 Å². The van der Waals surface area contributed by atoms with Crippen LogP contribution in [0.15, 0.2) is 264 Å². The molecule has 0 aliphatic heterocycles. The minimum absolute atomic E-state index is 0.114. The van der Waals surface area contributed by atoms with Gasteiger partial charge in [0, 0.05) is 200 Å². The highest BCUT2D eigenvalue weighted by atomic mass is 32.2. The molecule has 28 heteroatoms. The lowest BCUT2D eigenvalue weighted by atomic mass is 9.98. The molecule has 17 rings (SSSR count). The summed E-state index contributed by atoms with van der Waals surface area (Å²) in [5.74, 6) is 3.15. The predicted molar refractivity (Wildman–Crippen MR) is 590 cm³/mol. The Morgan fingerprint density at radius 2 is 0.778 bits per heavy atom. The van der Waals surface area contributed by atoms with Crippen molar-refractivity contribution in [2.24, 2.45) is 0 Å². The Morgan fingerprint density at radius 3 is 1.23 bits per heavy atom. The van der Waals surface area contributed by atoms with Crippen molar-refractivity contribution in [2.75, 3.05) is 145 Å². The Kier molecular flexibility index (Phi) is 31.6. The zero-order valence-corrected chi connectivity index (χ0v) is 87.3. The third-order valence-corrected chi connectivity index (χ3v) is 27.2. The molecule has 13 aromatic carbocycles. The van der Waals surface area contributed by atoms with Crippen LogP contribution in [0.3, 0.4) is 0 Å². The number of phenolic OH excluding ortho intramolecular Hbond substituents is 4. The number of aryl methyl sites for hydroxylation is 8. The van der Waals surface area contributed by atoms with Gasteiger partial charge in [0.25, 0.3) is 15.9 Å². The number of hydrogen-bond donors (Lipinski definition) is 9. The molecule has 740 valence electrons. The van der Waals surface area contributed by atoms with Crippen molar-refractivity contribution < 1.29 is 52.3 Å². The molecule has 0 fully saturated rings. The summed E-state index contributed by atoms with van der Waals surface area (Å²) in [6, 6.07) is 82.0. The summed E-state index contributed by atoms with van der Waals surface area (Å²) in [6.07, 6.45) is 0. The molecule has 0 spiro atoms. The second kappa shape index (κ2) is 44.1. The average molecular weight is 1970 g/mol. The van der Waals surface area contributed by atoms with Crippen LogP contribution < -0.4 is 54.2 Å². The molecule has 0 bridgehead atoms. The summed E-state index contributed by atoms with van der Waals surface area (Å²) < 4.78 is 47.7. The molecule has 144 heavy (non-hydrogen) atoms. The summed E-state index contributed by atoms with van der Waals surface area (Å²) in [6.45, 7) is 16.9. The first kappa shape index (κ1) is 103. The standard InChI is InChI=1S/C33H34N4O3S2.C29H33N5O2.C29H32N4O5.C25H24N2O/c1-21-18-24(19-22(2)31(21)38)33-34-30(32(41-33)23-12-14-26(15-13-23)36(3)4)28-17-16-27(37(5)6)20-29(28)42(39,40)35-25-10-8-7-9-11-25;1-17-14-20(15-18(2)27(17)35)28-31-25(19-8-10-21(11-9-19)33(4)5)26(32-28)23-13-12-22(34(6)7)16-24(23)29(36)30-3;1-17(34)30-23-16-21(33(4)5)12-13-22(23)26-28(18-8-10-20(11-9-18)32(2)3)38-29(31-26)19-14-24(36-6)27(35)25(15-19)37-7;1-15-5-9-19(10-6-15)22-23(20-11-7-16(2)8-12-20)27-25(26-22)21-13-17(3)24(28)18(4)14-21/h7-20,35,38H,1-6H3;8-16,35H,1-7H3,(H,30,36)(H,31,32);8-16,35H,1-7H3,(H,30,34);5-14,28H,1-4H3,(H,26,27). The number of H-pyrrole nitrogens is 2. The van der Waals surface area contributed by atoms with Crippen molar-refractivity contribution in [3.05, 3.63) is 305 Å². The van der Waals surface area contributed by atoms with Crippen LogP contribution in [0.4, 0.5) is 45.5 Å². The van der Waals surface area contributed by atoms with Crippen molar-refractivity contribution in [3.8, 4) is 169 Å². The SMILES string of the molecule is CNC(=O)c1cc(N(C)C)ccc1-c1[nH]c(-c2cc(C)c(O)c(C)c2)nc1-c1ccc(N(C)C)cc1.COc1cc(-c2nc(-c3ccc(N(C)C)cc3NC(C)=O)c(-c3ccc(N(C)C)cc3)o2)cc(OC)c1O.Cc1cc(-c2nc(-c3ccc(N(C)C)cc3S(=O)(=O)Nc3ccccc3)c(-c3ccc(N(C)C)cc3)s2)cc(C)c1O.Cc1ccc(-c2nc(-c3cc(C)c(O)c(C)c3)[nH]c2-c2ccc(C)cc2)cc1. The topological polar surface area (TPSA) is 319 Å². The number of thiazole rings is 1. The van der Waals surface area contributed by atoms with Gasteiger partial charge in [-0.2, -0.15) is 0 Å². The molecule has 0 aliphatic rings. The molecule has 9 N–H and O–H groups in total. The number of rotatable bonds is 25. The van der Waals surface area contributed by atoms with Gasteiger partial charge in [-0.1, -0.05) is 102 Å². The van der Waals surface area contributed by atoms with Gasteiger partial charge in [0.15, 0.2) is 17.3 Å². The van der Waals surface area contributed by atoms with E-state index in [1.165, 1.54) is 43.6 Å². The fourth-order valence-corrected chi connectivity index (χ4v) is 18.9. The molecule has 0 unspecified atom stereocenters. The Bertz CT molecular complexity index is 7500.